The van der Waals surface area contributed by atoms with E-state index in [-0.39, 0.29) is 37.0 Å². The first-order chi connectivity index (χ1) is 11.9. The van der Waals surface area contributed by atoms with Gasteiger partial charge in [0.2, 0.25) is 10.0 Å². The highest BCUT2D eigenvalue weighted by Crippen LogP contribution is 2.20. The van der Waals surface area contributed by atoms with Crippen molar-refractivity contribution in [3.8, 4) is 0 Å². The molecular formula is C15H17FN4O3S2. The summed E-state index contributed by atoms with van der Waals surface area (Å²) in [7, 11) is -3.77. The molecule has 0 unspecified atom stereocenters. The van der Waals surface area contributed by atoms with Gasteiger partial charge < -0.3 is 4.90 Å². The zero-order valence-electron chi connectivity index (χ0n) is 13.6. The summed E-state index contributed by atoms with van der Waals surface area (Å²) in [5.74, 6) is -0.769. The predicted molar refractivity (Wildman–Crippen MR) is 90.3 cm³/mol. The van der Waals surface area contributed by atoms with Gasteiger partial charge in [-0.2, -0.15) is 4.31 Å². The average molecular weight is 384 g/mol. The molecule has 0 N–H and O–H groups in total. The smallest absolute Gasteiger partial charge is 0.267 e. The molecule has 1 amide bonds. The van der Waals surface area contributed by atoms with Crippen molar-refractivity contribution < 1.29 is 17.6 Å². The van der Waals surface area contributed by atoms with E-state index in [1.54, 1.807) is 4.90 Å². The van der Waals surface area contributed by atoms with E-state index in [0.29, 0.717) is 17.0 Å². The van der Waals surface area contributed by atoms with E-state index in [1.165, 1.54) is 22.5 Å². The normalized spacial score (nSPS) is 16.2. The highest BCUT2D eigenvalue weighted by atomic mass is 32.2. The van der Waals surface area contributed by atoms with E-state index in [1.807, 2.05) is 6.92 Å². The number of carbonyl (C=O) groups excluding carboxylic acids is 1. The number of rotatable bonds is 4. The number of hydrogen-bond acceptors (Lipinski definition) is 6. The van der Waals surface area contributed by atoms with Gasteiger partial charge in [0.25, 0.3) is 5.91 Å². The van der Waals surface area contributed by atoms with Gasteiger partial charge in [0, 0.05) is 26.2 Å². The third-order valence-corrected chi connectivity index (χ3v) is 6.70. The molecule has 1 aromatic carbocycles. The summed E-state index contributed by atoms with van der Waals surface area (Å²) in [4.78, 5) is 14.6. The van der Waals surface area contributed by atoms with Crippen LogP contribution >= 0.6 is 11.5 Å². The van der Waals surface area contributed by atoms with Gasteiger partial charge in [0.05, 0.1) is 10.6 Å². The Hall–Kier alpha value is -1.91. The quantitative estimate of drug-likeness (QED) is 0.795. The number of carbonyl (C=O) groups is 1. The lowest BCUT2D eigenvalue weighted by Gasteiger charge is -2.33. The van der Waals surface area contributed by atoms with Crippen LogP contribution in [0.5, 0.6) is 0 Å². The molecule has 25 heavy (non-hydrogen) atoms. The van der Waals surface area contributed by atoms with Crippen LogP contribution in [0.2, 0.25) is 0 Å². The molecule has 3 rings (SSSR count). The van der Waals surface area contributed by atoms with Crippen LogP contribution in [0.3, 0.4) is 0 Å². The van der Waals surface area contributed by atoms with Gasteiger partial charge in [-0.3, -0.25) is 4.79 Å². The first kappa shape index (κ1) is 17.9. The molecule has 0 atom stereocenters. The Bertz CT molecular complexity index is 876. The van der Waals surface area contributed by atoms with Crippen LogP contribution in [-0.2, 0) is 16.4 Å². The van der Waals surface area contributed by atoms with Gasteiger partial charge in [-0.15, -0.1) is 5.10 Å². The molecular weight excluding hydrogens is 367 g/mol. The van der Waals surface area contributed by atoms with E-state index in [0.717, 1.165) is 17.6 Å². The Morgan fingerprint density at radius 3 is 2.64 bits per heavy atom. The number of hydrogen-bond donors (Lipinski definition) is 0. The highest BCUT2D eigenvalue weighted by Gasteiger charge is 2.31. The average Bonchev–Trinajstić information content (AvgIpc) is 3.10. The lowest BCUT2D eigenvalue weighted by molar-refractivity contribution is 0.0701. The maximum Gasteiger partial charge on any atom is 0.267 e. The maximum atomic E-state index is 13.3. The zero-order chi connectivity index (χ0) is 18.0. The maximum absolute atomic E-state index is 13.3. The van der Waals surface area contributed by atoms with E-state index in [9.17, 15) is 17.6 Å². The van der Waals surface area contributed by atoms with Crippen molar-refractivity contribution in [2.75, 3.05) is 26.2 Å². The van der Waals surface area contributed by atoms with Crippen molar-refractivity contribution in [3.63, 3.8) is 0 Å². The molecule has 2 heterocycles. The van der Waals surface area contributed by atoms with Crippen molar-refractivity contribution in [2.45, 2.75) is 18.2 Å². The first-order valence-corrected chi connectivity index (χ1v) is 10.0. The third-order valence-electron chi connectivity index (χ3n) is 4.04. The molecule has 1 aromatic heterocycles. The van der Waals surface area contributed by atoms with Crippen molar-refractivity contribution in [1.82, 2.24) is 18.8 Å². The van der Waals surface area contributed by atoms with Gasteiger partial charge in [0.15, 0.2) is 0 Å². The minimum Gasteiger partial charge on any atom is -0.335 e. The van der Waals surface area contributed by atoms with Gasteiger partial charge in [-0.1, -0.05) is 17.5 Å². The molecule has 0 radical (unpaired) electrons. The van der Waals surface area contributed by atoms with Crippen LogP contribution in [0.1, 0.15) is 22.3 Å². The summed E-state index contributed by atoms with van der Waals surface area (Å²) in [6.07, 6.45) is 0.617. The Morgan fingerprint density at radius 2 is 2.00 bits per heavy atom. The highest BCUT2D eigenvalue weighted by molar-refractivity contribution is 7.89. The molecule has 0 aliphatic carbocycles. The van der Waals surface area contributed by atoms with Crippen molar-refractivity contribution >= 4 is 27.5 Å². The second-order valence-corrected chi connectivity index (χ2v) is 8.25. The van der Waals surface area contributed by atoms with Crippen LogP contribution in [0, 0.1) is 5.82 Å². The van der Waals surface area contributed by atoms with Crippen LogP contribution < -0.4 is 0 Å². The molecule has 0 saturated carbocycles. The summed E-state index contributed by atoms with van der Waals surface area (Å²) in [5.41, 5.74) is 0.657. The SMILES string of the molecule is CCc1nnsc1C(=O)N1CCN(S(=O)(=O)c2cccc(F)c2)CC1. The van der Waals surface area contributed by atoms with Crippen molar-refractivity contribution in [1.29, 1.82) is 0 Å². The molecule has 1 fully saturated rings. The number of piperazine rings is 1. The van der Waals surface area contributed by atoms with E-state index in [2.05, 4.69) is 9.59 Å². The Labute approximate surface area is 149 Å². The number of aryl methyl sites for hydroxylation is 1. The van der Waals surface area contributed by atoms with Crippen molar-refractivity contribution in [2.24, 2.45) is 0 Å². The fourth-order valence-electron chi connectivity index (χ4n) is 2.65. The number of benzene rings is 1. The molecule has 1 saturated heterocycles. The Kier molecular flexibility index (Phi) is 5.11. The summed E-state index contributed by atoms with van der Waals surface area (Å²) >= 11 is 1.05. The Balaban J connectivity index is 1.70. The number of sulfonamides is 1. The molecule has 0 spiro atoms. The minimum atomic E-state index is -3.77. The van der Waals surface area contributed by atoms with Gasteiger partial charge in [0.1, 0.15) is 10.7 Å². The van der Waals surface area contributed by atoms with Crippen LogP contribution in [-0.4, -0.2) is 59.3 Å². The first-order valence-electron chi connectivity index (χ1n) is 7.79. The zero-order valence-corrected chi connectivity index (χ0v) is 15.2. The monoisotopic (exact) mass is 384 g/mol. The lowest BCUT2D eigenvalue weighted by atomic mass is 10.2. The molecule has 7 nitrogen and oxygen atoms in total. The van der Waals surface area contributed by atoms with Crippen molar-refractivity contribution in [3.05, 3.63) is 40.7 Å². The minimum absolute atomic E-state index is 0.0767. The molecule has 10 heteroatoms. The van der Waals surface area contributed by atoms with Crippen LogP contribution in [0.4, 0.5) is 4.39 Å². The molecule has 2 aromatic rings. The van der Waals surface area contributed by atoms with Gasteiger partial charge >= 0.3 is 0 Å². The fourth-order valence-corrected chi connectivity index (χ4v) is 4.83. The number of aromatic nitrogens is 2. The molecule has 1 aliphatic heterocycles. The van der Waals surface area contributed by atoms with E-state index in [4.69, 9.17) is 0 Å². The molecule has 1 aliphatic rings. The standard InChI is InChI=1S/C15H17FN4O3S2/c1-2-13-14(24-18-17-13)15(21)19-6-8-20(9-7-19)25(22,23)12-5-3-4-11(16)10-12/h3-5,10H,2,6-9H2,1H3. The third kappa shape index (κ3) is 3.55. The van der Waals surface area contributed by atoms with E-state index >= 15 is 0 Å². The number of amides is 1. The Morgan fingerprint density at radius 1 is 1.28 bits per heavy atom. The van der Waals surface area contributed by atoms with Gasteiger partial charge in [-0.25, -0.2) is 12.8 Å². The second kappa shape index (κ2) is 7.14. The fraction of sp³-hybridized carbons (Fsp3) is 0.400. The molecule has 0 bridgehead atoms. The predicted octanol–water partition coefficient (Wildman–Crippen LogP) is 1.39. The largest absolute Gasteiger partial charge is 0.335 e. The van der Waals surface area contributed by atoms with Gasteiger partial charge in [-0.05, 0) is 36.2 Å². The number of nitrogens with zero attached hydrogens (tertiary/aromatic N) is 4. The number of halogens is 1. The summed E-state index contributed by atoms with van der Waals surface area (Å²) in [5, 5.41) is 3.93. The molecule has 134 valence electrons. The second-order valence-electron chi connectivity index (χ2n) is 5.56. The van der Waals surface area contributed by atoms with Crippen LogP contribution in [0.15, 0.2) is 29.2 Å². The summed E-state index contributed by atoms with van der Waals surface area (Å²) in [6.45, 7) is 2.77. The lowest BCUT2D eigenvalue weighted by Crippen LogP contribution is -2.50. The summed E-state index contributed by atoms with van der Waals surface area (Å²) in [6, 6.07) is 4.94. The topological polar surface area (TPSA) is 83.5 Å². The van der Waals surface area contributed by atoms with E-state index < -0.39 is 15.8 Å². The van der Waals surface area contributed by atoms with Crippen LogP contribution in [0.25, 0.3) is 0 Å². The summed E-state index contributed by atoms with van der Waals surface area (Å²) < 4.78 is 43.6.